The third kappa shape index (κ3) is 2.11. The highest BCUT2D eigenvalue weighted by Crippen LogP contribution is 2.35. The number of nitrogens with zero attached hydrogens (tertiary/aromatic N) is 1. The Morgan fingerprint density at radius 3 is 2.56 bits per heavy atom. The van der Waals surface area contributed by atoms with E-state index in [1.54, 1.807) is 0 Å². The van der Waals surface area contributed by atoms with E-state index in [-0.39, 0.29) is 23.1 Å². The van der Waals surface area contributed by atoms with E-state index in [1.807, 2.05) is 0 Å². The second-order valence-electron chi connectivity index (χ2n) is 3.51. The Morgan fingerprint density at radius 1 is 1.28 bits per heavy atom. The predicted octanol–water partition coefficient (Wildman–Crippen LogP) is 3.05. The molecule has 1 N–H and O–H groups in total. The van der Waals surface area contributed by atoms with Crippen LogP contribution in [0.4, 0.5) is 17.6 Å². The molecule has 1 aromatic heterocycles. The second-order valence-corrected chi connectivity index (χ2v) is 3.51. The van der Waals surface area contributed by atoms with Crippen molar-refractivity contribution >= 4 is 6.29 Å². The monoisotopic (exact) mass is 258 g/mol. The maximum absolute atomic E-state index is 13.3. The molecule has 0 atom stereocenters. The molecule has 0 unspecified atom stereocenters. The number of aromatic amines is 1. The summed E-state index contributed by atoms with van der Waals surface area (Å²) in [5, 5.41) is 5.47. The summed E-state index contributed by atoms with van der Waals surface area (Å²) in [4.78, 5) is 10.4. The molecule has 2 aromatic rings. The number of aromatic nitrogens is 2. The number of nitrogens with one attached hydrogen (secondary N) is 1. The number of halogens is 4. The average Bonchev–Trinajstić information content (AvgIpc) is 2.77. The van der Waals surface area contributed by atoms with E-state index in [0.29, 0.717) is 6.20 Å². The molecule has 1 heterocycles. The van der Waals surface area contributed by atoms with Crippen LogP contribution >= 0.6 is 0 Å². The highest BCUT2D eigenvalue weighted by atomic mass is 19.4. The molecule has 7 heteroatoms. The molecule has 0 aliphatic carbocycles. The second kappa shape index (κ2) is 4.25. The minimum Gasteiger partial charge on any atom is -0.298 e. The van der Waals surface area contributed by atoms with E-state index in [2.05, 4.69) is 10.2 Å². The Bertz CT molecular complexity index is 589. The van der Waals surface area contributed by atoms with Crippen molar-refractivity contribution in [2.24, 2.45) is 0 Å². The fourth-order valence-electron chi connectivity index (χ4n) is 1.50. The van der Waals surface area contributed by atoms with Crippen molar-refractivity contribution in [3.05, 3.63) is 41.3 Å². The summed E-state index contributed by atoms with van der Waals surface area (Å²) in [6.45, 7) is 0. The lowest BCUT2D eigenvalue weighted by molar-refractivity contribution is -0.137. The number of aldehydes is 1. The van der Waals surface area contributed by atoms with Crippen LogP contribution in [0.2, 0.25) is 0 Å². The van der Waals surface area contributed by atoms with Crippen molar-refractivity contribution in [1.82, 2.24) is 10.2 Å². The van der Waals surface area contributed by atoms with Gasteiger partial charge >= 0.3 is 6.18 Å². The minimum absolute atomic E-state index is 0.0251. The molecule has 0 fully saturated rings. The van der Waals surface area contributed by atoms with Crippen LogP contribution in [-0.4, -0.2) is 16.5 Å². The van der Waals surface area contributed by atoms with Crippen LogP contribution in [0.15, 0.2) is 24.4 Å². The summed E-state index contributed by atoms with van der Waals surface area (Å²) in [5.41, 5.74) is -1.56. The van der Waals surface area contributed by atoms with Gasteiger partial charge in [0.25, 0.3) is 0 Å². The molecule has 0 spiro atoms. The molecule has 0 aliphatic rings. The number of hydrogen-bond acceptors (Lipinski definition) is 2. The summed E-state index contributed by atoms with van der Waals surface area (Å²) >= 11 is 0. The van der Waals surface area contributed by atoms with E-state index in [9.17, 15) is 22.4 Å². The molecule has 0 saturated heterocycles. The van der Waals surface area contributed by atoms with Crippen LogP contribution in [0.25, 0.3) is 11.3 Å². The molecule has 3 nitrogen and oxygen atoms in total. The standard InChI is InChI=1S/C11H6F4N2O/c12-9-3-6(1-2-7(9)5-18)10-8(4-16-17-10)11(13,14)15/h1-5H,(H,16,17). The summed E-state index contributed by atoms with van der Waals surface area (Å²) in [7, 11) is 0. The largest absolute Gasteiger partial charge is 0.420 e. The van der Waals surface area contributed by atoms with Gasteiger partial charge in [0.05, 0.1) is 17.5 Å². The Morgan fingerprint density at radius 2 is 2.00 bits per heavy atom. The fraction of sp³-hybridized carbons (Fsp3) is 0.0909. The maximum atomic E-state index is 13.3. The molecule has 2 rings (SSSR count). The van der Waals surface area contributed by atoms with Gasteiger partial charge < -0.3 is 0 Å². The van der Waals surface area contributed by atoms with Crippen molar-refractivity contribution in [2.45, 2.75) is 6.18 Å². The zero-order valence-electron chi connectivity index (χ0n) is 8.75. The Hall–Kier alpha value is -2.18. The number of H-pyrrole nitrogens is 1. The van der Waals surface area contributed by atoms with E-state index >= 15 is 0 Å². The first kappa shape index (κ1) is 12.3. The van der Waals surface area contributed by atoms with Crippen LogP contribution in [0.3, 0.4) is 0 Å². The van der Waals surface area contributed by atoms with Crippen LogP contribution in [0, 0.1) is 5.82 Å². The van der Waals surface area contributed by atoms with E-state index < -0.39 is 17.6 Å². The lowest BCUT2D eigenvalue weighted by Crippen LogP contribution is -2.05. The molecule has 0 aliphatic heterocycles. The SMILES string of the molecule is O=Cc1ccc(-c2[nH]ncc2C(F)(F)F)cc1F. The summed E-state index contributed by atoms with van der Waals surface area (Å²) in [6, 6.07) is 3.18. The number of hydrogen-bond donors (Lipinski definition) is 1. The molecule has 18 heavy (non-hydrogen) atoms. The molecular formula is C11H6F4N2O. The third-order valence-corrected chi connectivity index (χ3v) is 2.36. The first-order chi connectivity index (χ1) is 8.43. The molecular weight excluding hydrogens is 252 g/mol. The molecule has 0 bridgehead atoms. The van der Waals surface area contributed by atoms with Crippen molar-refractivity contribution in [3.63, 3.8) is 0 Å². The third-order valence-electron chi connectivity index (χ3n) is 2.36. The maximum Gasteiger partial charge on any atom is 0.420 e. The molecule has 0 amide bonds. The number of carbonyl (C=O) groups is 1. The highest BCUT2D eigenvalue weighted by molar-refractivity contribution is 5.77. The fourth-order valence-corrected chi connectivity index (χ4v) is 1.50. The quantitative estimate of drug-likeness (QED) is 0.664. The minimum atomic E-state index is -4.58. The van der Waals surface area contributed by atoms with Crippen LogP contribution in [0.5, 0.6) is 0 Å². The van der Waals surface area contributed by atoms with Crippen molar-refractivity contribution in [1.29, 1.82) is 0 Å². The predicted molar refractivity (Wildman–Crippen MR) is 54.4 cm³/mol. The lowest BCUT2D eigenvalue weighted by atomic mass is 10.1. The van der Waals surface area contributed by atoms with Gasteiger partial charge in [0.1, 0.15) is 11.4 Å². The number of benzene rings is 1. The highest BCUT2D eigenvalue weighted by Gasteiger charge is 2.35. The van der Waals surface area contributed by atoms with Gasteiger partial charge in [0, 0.05) is 5.56 Å². The Kier molecular flexibility index (Phi) is 2.90. The van der Waals surface area contributed by atoms with Gasteiger partial charge in [-0.15, -0.1) is 0 Å². The van der Waals surface area contributed by atoms with Gasteiger partial charge in [-0.25, -0.2) is 4.39 Å². The zero-order valence-corrected chi connectivity index (χ0v) is 8.75. The van der Waals surface area contributed by atoms with Gasteiger partial charge in [-0.3, -0.25) is 9.89 Å². The van der Waals surface area contributed by atoms with Crippen LogP contribution in [0.1, 0.15) is 15.9 Å². The first-order valence-corrected chi connectivity index (χ1v) is 4.79. The summed E-state index contributed by atoms with van der Waals surface area (Å²) < 4.78 is 51.1. The van der Waals surface area contributed by atoms with Gasteiger partial charge in [-0.05, 0) is 12.1 Å². The summed E-state index contributed by atoms with van der Waals surface area (Å²) in [5.74, 6) is -0.884. The van der Waals surface area contributed by atoms with Crippen LogP contribution < -0.4 is 0 Å². The number of rotatable bonds is 2. The smallest absolute Gasteiger partial charge is 0.298 e. The average molecular weight is 258 g/mol. The van der Waals surface area contributed by atoms with Crippen molar-refractivity contribution in [2.75, 3.05) is 0 Å². The van der Waals surface area contributed by atoms with Crippen molar-refractivity contribution < 1.29 is 22.4 Å². The van der Waals surface area contributed by atoms with Crippen molar-refractivity contribution in [3.8, 4) is 11.3 Å². The van der Waals surface area contributed by atoms with Crippen LogP contribution in [-0.2, 0) is 6.18 Å². The Balaban J connectivity index is 2.53. The molecule has 0 radical (unpaired) electrons. The van der Waals surface area contributed by atoms with E-state index in [1.165, 1.54) is 6.07 Å². The van der Waals surface area contributed by atoms with Gasteiger partial charge in [-0.1, -0.05) is 6.07 Å². The topological polar surface area (TPSA) is 45.8 Å². The van der Waals surface area contributed by atoms with Gasteiger partial charge in [-0.2, -0.15) is 18.3 Å². The molecule has 1 aromatic carbocycles. The normalized spacial score (nSPS) is 11.6. The summed E-state index contributed by atoms with van der Waals surface area (Å²) in [6.07, 6.45) is -3.67. The number of alkyl halides is 3. The number of carbonyl (C=O) groups excluding carboxylic acids is 1. The van der Waals surface area contributed by atoms with E-state index in [4.69, 9.17) is 0 Å². The molecule has 94 valence electrons. The Labute approximate surface area is 98.4 Å². The lowest BCUT2D eigenvalue weighted by Gasteiger charge is -2.07. The first-order valence-electron chi connectivity index (χ1n) is 4.79. The van der Waals surface area contributed by atoms with E-state index in [0.717, 1.165) is 12.1 Å². The zero-order chi connectivity index (χ0) is 13.3. The van der Waals surface area contributed by atoms with Gasteiger partial charge in [0.15, 0.2) is 6.29 Å². The van der Waals surface area contributed by atoms with Gasteiger partial charge in [0.2, 0.25) is 0 Å². The molecule has 0 saturated carbocycles.